The van der Waals surface area contributed by atoms with Crippen molar-refractivity contribution in [2.24, 2.45) is 5.73 Å². The van der Waals surface area contributed by atoms with E-state index in [-0.39, 0.29) is 22.5 Å². The molecule has 0 heterocycles. The monoisotopic (exact) mass is 272 g/mol. The number of carbonyl (C=O) groups is 1. The van der Waals surface area contributed by atoms with E-state index in [0.717, 1.165) is 0 Å². The molecule has 3 nitrogen and oxygen atoms in total. The summed E-state index contributed by atoms with van der Waals surface area (Å²) in [6.45, 7) is 4.74. The van der Waals surface area contributed by atoms with E-state index in [4.69, 9.17) is 17.3 Å². The highest BCUT2D eigenvalue weighted by atomic mass is 35.5. The van der Waals surface area contributed by atoms with Crippen LogP contribution in [0.5, 0.6) is 0 Å². The maximum atomic E-state index is 13.7. The molecule has 1 aromatic rings. The Kier molecular flexibility index (Phi) is 5.56. The van der Waals surface area contributed by atoms with Gasteiger partial charge in [0.15, 0.2) is 0 Å². The van der Waals surface area contributed by atoms with E-state index in [9.17, 15) is 9.18 Å². The molecule has 2 N–H and O–H groups in total. The van der Waals surface area contributed by atoms with Crippen LogP contribution in [-0.2, 0) is 0 Å². The molecular weight excluding hydrogens is 255 g/mol. The first-order valence-corrected chi connectivity index (χ1v) is 6.32. The lowest BCUT2D eigenvalue weighted by Gasteiger charge is -2.27. The average molecular weight is 273 g/mol. The van der Waals surface area contributed by atoms with E-state index in [1.54, 1.807) is 4.90 Å². The van der Waals surface area contributed by atoms with E-state index in [1.165, 1.54) is 18.2 Å². The maximum absolute atomic E-state index is 13.7. The van der Waals surface area contributed by atoms with Crippen LogP contribution in [0.25, 0.3) is 0 Å². The number of halogens is 2. The first-order valence-electron chi connectivity index (χ1n) is 5.94. The number of nitrogens with zero attached hydrogens (tertiary/aromatic N) is 1. The van der Waals surface area contributed by atoms with Gasteiger partial charge in [0.2, 0.25) is 0 Å². The summed E-state index contributed by atoms with van der Waals surface area (Å²) in [5.41, 5.74) is 5.37. The van der Waals surface area contributed by atoms with Crippen LogP contribution in [0, 0.1) is 5.82 Å². The number of benzene rings is 1. The van der Waals surface area contributed by atoms with Crippen molar-refractivity contribution in [3.8, 4) is 0 Å². The molecule has 1 rings (SSSR count). The number of nitrogens with two attached hydrogens (primary N) is 1. The highest BCUT2D eigenvalue weighted by molar-refractivity contribution is 6.33. The Morgan fingerprint density at radius 1 is 1.50 bits per heavy atom. The van der Waals surface area contributed by atoms with Gasteiger partial charge in [0.25, 0.3) is 5.91 Å². The van der Waals surface area contributed by atoms with Gasteiger partial charge in [-0.15, -0.1) is 0 Å². The van der Waals surface area contributed by atoms with E-state index in [2.05, 4.69) is 0 Å². The number of rotatable bonds is 5. The molecule has 5 heteroatoms. The van der Waals surface area contributed by atoms with Gasteiger partial charge in [-0.2, -0.15) is 0 Å². The zero-order valence-electron chi connectivity index (χ0n) is 10.6. The van der Waals surface area contributed by atoms with Crippen LogP contribution < -0.4 is 5.73 Å². The van der Waals surface area contributed by atoms with Gasteiger partial charge >= 0.3 is 0 Å². The van der Waals surface area contributed by atoms with Gasteiger partial charge in [0, 0.05) is 12.6 Å². The molecule has 0 spiro atoms. The van der Waals surface area contributed by atoms with E-state index < -0.39 is 5.82 Å². The molecule has 0 fully saturated rings. The summed E-state index contributed by atoms with van der Waals surface area (Å²) >= 11 is 5.89. The predicted molar refractivity (Wildman–Crippen MR) is 71.3 cm³/mol. The first-order chi connectivity index (χ1) is 8.49. The summed E-state index contributed by atoms with van der Waals surface area (Å²) in [7, 11) is 0. The predicted octanol–water partition coefficient (Wildman–Crippen LogP) is 2.68. The second kappa shape index (κ2) is 6.71. The lowest BCUT2D eigenvalue weighted by atomic mass is 10.1. The SMILES string of the molecule is CC(C)N(CCCN)C(=O)c1c(F)cccc1Cl. The van der Waals surface area contributed by atoms with Crippen LogP contribution in [0.15, 0.2) is 18.2 Å². The second-order valence-corrected chi connectivity index (χ2v) is 4.74. The zero-order valence-corrected chi connectivity index (χ0v) is 11.4. The normalized spacial score (nSPS) is 10.8. The van der Waals surface area contributed by atoms with Crippen molar-refractivity contribution >= 4 is 17.5 Å². The van der Waals surface area contributed by atoms with Crippen LogP contribution in [0.4, 0.5) is 4.39 Å². The Hall–Kier alpha value is -1.13. The van der Waals surface area contributed by atoms with Gasteiger partial charge < -0.3 is 10.6 Å². The summed E-state index contributed by atoms with van der Waals surface area (Å²) in [6.07, 6.45) is 0.677. The first kappa shape index (κ1) is 14.9. The molecule has 0 aromatic heterocycles. The summed E-state index contributed by atoms with van der Waals surface area (Å²) in [5.74, 6) is -0.979. The number of amides is 1. The van der Waals surface area contributed by atoms with Crippen molar-refractivity contribution in [1.29, 1.82) is 0 Å². The third-order valence-electron chi connectivity index (χ3n) is 2.66. The fraction of sp³-hybridized carbons (Fsp3) is 0.462. The standard InChI is InChI=1S/C13H18ClFN2O/c1-9(2)17(8-4-7-16)13(18)12-10(14)5-3-6-11(12)15/h3,5-6,9H,4,7-8,16H2,1-2H3. The smallest absolute Gasteiger partial charge is 0.258 e. The molecule has 1 aromatic carbocycles. The minimum absolute atomic E-state index is 0.0280. The summed E-state index contributed by atoms with van der Waals surface area (Å²) < 4.78 is 13.7. The molecule has 0 atom stereocenters. The van der Waals surface area contributed by atoms with Crippen LogP contribution in [0.3, 0.4) is 0 Å². The maximum Gasteiger partial charge on any atom is 0.258 e. The Morgan fingerprint density at radius 2 is 2.17 bits per heavy atom. The minimum Gasteiger partial charge on any atom is -0.336 e. The Bertz CT molecular complexity index is 403. The van der Waals surface area contributed by atoms with Crippen molar-refractivity contribution in [2.45, 2.75) is 26.3 Å². The molecule has 0 saturated carbocycles. The van der Waals surface area contributed by atoms with Crippen LogP contribution in [0.2, 0.25) is 5.02 Å². The van der Waals surface area contributed by atoms with Crippen LogP contribution in [-0.4, -0.2) is 29.9 Å². The van der Waals surface area contributed by atoms with Gasteiger partial charge in [0.05, 0.1) is 10.6 Å². The Balaban J connectivity index is 3.02. The molecule has 0 radical (unpaired) electrons. The number of hydrogen-bond donors (Lipinski definition) is 1. The van der Waals surface area contributed by atoms with E-state index in [1.807, 2.05) is 13.8 Å². The van der Waals surface area contributed by atoms with Gasteiger partial charge in [-0.1, -0.05) is 17.7 Å². The quantitative estimate of drug-likeness (QED) is 0.896. The molecule has 0 bridgehead atoms. The molecule has 0 unspecified atom stereocenters. The molecular formula is C13H18ClFN2O. The van der Waals surface area contributed by atoms with Crippen molar-refractivity contribution in [1.82, 2.24) is 4.90 Å². The molecule has 0 saturated heterocycles. The molecule has 0 aliphatic rings. The van der Waals surface area contributed by atoms with Crippen molar-refractivity contribution in [2.75, 3.05) is 13.1 Å². The minimum atomic E-state index is -0.592. The van der Waals surface area contributed by atoms with Crippen molar-refractivity contribution < 1.29 is 9.18 Å². The third-order valence-corrected chi connectivity index (χ3v) is 2.98. The average Bonchev–Trinajstić information content (AvgIpc) is 2.28. The lowest BCUT2D eigenvalue weighted by Crippen LogP contribution is -2.39. The van der Waals surface area contributed by atoms with Crippen molar-refractivity contribution in [3.05, 3.63) is 34.6 Å². The van der Waals surface area contributed by atoms with E-state index in [0.29, 0.717) is 19.5 Å². The molecule has 18 heavy (non-hydrogen) atoms. The zero-order chi connectivity index (χ0) is 13.7. The largest absolute Gasteiger partial charge is 0.336 e. The van der Waals surface area contributed by atoms with Crippen LogP contribution in [0.1, 0.15) is 30.6 Å². The summed E-state index contributed by atoms with van der Waals surface area (Å²) in [5, 5.41) is 0.137. The van der Waals surface area contributed by atoms with Crippen molar-refractivity contribution in [3.63, 3.8) is 0 Å². The van der Waals surface area contributed by atoms with Crippen LogP contribution >= 0.6 is 11.6 Å². The third kappa shape index (κ3) is 3.43. The topological polar surface area (TPSA) is 46.3 Å². The van der Waals surface area contributed by atoms with E-state index >= 15 is 0 Å². The lowest BCUT2D eigenvalue weighted by molar-refractivity contribution is 0.0700. The Morgan fingerprint density at radius 3 is 2.67 bits per heavy atom. The fourth-order valence-corrected chi connectivity index (χ4v) is 1.95. The summed E-state index contributed by atoms with van der Waals surface area (Å²) in [6, 6.07) is 4.20. The molecule has 0 aliphatic heterocycles. The molecule has 0 aliphatic carbocycles. The summed E-state index contributed by atoms with van der Waals surface area (Å²) in [4.78, 5) is 13.9. The van der Waals surface area contributed by atoms with Gasteiger partial charge in [-0.3, -0.25) is 4.79 Å². The Labute approximate surface area is 112 Å². The fourth-order valence-electron chi connectivity index (χ4n) is 1.70. The van der Waals surface area contributed by atoms with Gasteiger partial charge in [-0.25, -0.2) is 4.39 Å². The highest BCUT2D eigenvalue weighted by Gasteiger charge is 2.23. The highest BCUT2D eigenvalue weighted by Crippen LogP contribution is 2.21. The number of carbonyl (C=O) groups excluding carboxylic acids is 1. The number of hydrogen-bond acceptors (Lipinski definition) is 2. The van der Waals surface area contributed by atoms with Gasteiger partial charge in [0.1, 0.15) is 5.82 Å². The van der Waals surface area contributed by atoms with Gasteiger partial charge in [-0.05, 0) is 38.9 Å². The second-order valence-electron chi connectivity index (χ2n) is 4.33. The molecule has 100 valence electrons. The molecule has 1 amide bonds.